The third-order valence-electron chi connectivity index (χ3n) is 4.26. The molecule has 0 aromatic carbocycles. The summed E-state index contributed by atoms with van der Waals surface area (Å²) in [7, 11) is 4.21. The first-order valence-electron chi connectivity index (χ1n) is 6.98. The fourth-order valence-electron chi connectivity index (χ4n) is 2.94. The first-order valence-corrected chi connectivity index (χ1v) is 6.98. The van der Waals surface area contributed by atoms with Crippen LogP contribution in [0, 0.1) is 0 Å². The predicted octanol–water partition coefficient (Wildman–Crippen LogP) is 1.70. The van der Waals surface area contributed by atoms with E-state index in [0.29, 0.717) is 12.1 Å². The lowest BCUT2D eigenvalue weighted by molar-refractivity contribution is 0.350. The van der Waals surface area contributed by atoms with E-state index < -0.39 is 0 Å². The Kier molecular flexibility index (Phi) is 3.38. The molecule has 102 valence electrons. The fraction of sp³-hybridized carbons (Fsp3) is 0.571. The van der Waals surface area contributed by atoms with Crippen LogP contribution in [0.5, 0.6) is 0 Å². The van der Waals surface area contributed by atoms with Gasteiger partial charge < -0.3 is 10.2 Å². The van der Waals surface area contributed by atoms with Crippen molar-refractivity contribution in [2.75, 3.05) is 19.0 Å². The molecule has 19 heavy (non-hydrogen) atoms. The topological polar surface area (TPSA) is 45.5 Å². The lowest BCUT2D eigenvalue weighted by Crippen LogP contribution is -2.40. The maximum absolute atomic E-state index is 4.66. The number of aromatic nitrogens is 3. The highest BCUT2D eigenvalue weighted by Gasteiger charge is 2.23. The van der Waals surface area contributed by atoms with Gasteiger partial charge in [0, 0.05) is 31.4 Å². The van der Waals surface area contributed by atoms with Crippen molar-refractivity contribution in [2.45, 2.75) is 37.8 Å². The monoisotopic (exact) mass is 259 g/mol. The zero-order valence-corrected chi connectivity index (χ0v) is 11.6. The molecule has 0 atom stereocenters. The molecule has 1 aliphatic rings. The molecule has 0 bridgehead atoms. The Morgan fingerprint density at radius 2 is 2.05 bits per heavy atom. The standard InChI is InChI=1S/C14H21N5/c1-15-11-3-5-12(6-4-11)18(2)13-8-10-19-14(17-13)7-9-16-19/h7-12,15H,3-6H2,1-2H3. The Balaban J connectivity index is 1.74. The molecule has 0 aliphatic heterocycles. The van der Waals surface area contributed by atoms with Gasteiger partial charge in [0.1, 0.15) is 5.82 Å². The van der Waals surface area contributed by atoms with Crippen molar-refractivity contribution in [3.05, 3.63) is 24.5 Å². The molecule has 1 aliphatic carbocycles. The summed E-state index contributed by atoms with van der Waals surface area (Å²) in [6.07, 6.45) is 8.72. The molecule has 0 saturated heterocycles. The van der Waals surface area contributed by atoms with Crippen LogP contribution in [0.15, 0.2) is 24.5 Å². The van der Waals surface area contributed by atoms with Gasteiger partial charge in [-0.15, -0.1) is 0 Å². The summed E-state index contributed by atoms with van der Waals surface area (Å²) in [4.78, 5) is 6.98. The molecule has 2 heterocycles. The smallest absolute Gasteiger partial charge is 0.157 e. The Hall–Kier alpha value is -1.62. The predicted molar refractivity (Wildman–Crippen MR) is 76.5 cm³/mol. The molecule has 3 rings (SSSR count). The molecule has 1 fully saturated rings. The lowest BCUT2D eigenvalue weighted by Gasteiger charge is -2.35. The fourth-order valence-corrected chi connectivity index (χ4v) is 2.94. The first-order chi connectivity index (χ1) is 9.28. The van der Waals surface area contributed by atoms with Crippen molar-refractivity contribution in [3.8, 4) is 0 Å². The van der Waals surface area contributed by atoms with Gasteiger partial charge in [-0.3, -0.25) is 0 Å². The highest BCUT2D eigenvalue weighted by Crippen LogP contribution is 2.25. The molecule has 2 aromatic rings. The summed E-state index contributed by atoms with van der Waals surface area (Å²) in [6, 6.07) is 5.27. The van der Waals surface area contributed by atoms with Crippen LogP contribution in [0.3, 0.4) is 0 Å². The molecule has 1 saturated carbocycles. The number of nitrogens with one attached hydrogen (secondary N) is 1. The van der Waals surface area contributed by atoms with Gasteiger partial charge in [-0.1, -0.05) is 0 Å². The van der Waals surface area contributed by atoms with Crippen LogP contribution in [0.1, 0.15) is 25.7 Å². The summed E-state index contributed by atoms with van der Waals surface area (Å²) >= 11 is 0. The zero-order chi connectivity index (χ0) is 13.2. The second-order valence-electron chi connectivity index (χ2n) is 5.32. The molecular weight excluding hydrogens is 238 g/mol. The minimum absolute atomic E-state index is 0.600. The largest absolute Gasteiger partial charge is 0.357 e. The van der Waals surface area contributed by atoms with Crippen LogP contribution < -0.4 is 10.2 Å². The maximum atomic E-state index is 4.66. The summed E-state index contributed by atoms with van der Waals surface area (Å²) in [5.74, 6) is 1.04. The lowest BCUT2D eigenvalue weighted by atomic mass is 9.90. The van der Waals surface area contributed by atoms with Crippen molar-refractivity contribution in [1.82, 2.24) is 19.9 Å². The molecule has 0 radical (unpaired) electrons. The second-order valence-corrected chi connectivity index (χ2v) is 5.32. The third kappa shape index (κ3) is 2.42. The average Bonchev–Trinajstić information content (AvgIpc) is 2.94. The average molecular weight is 259 g/mol. The van der Waals surface area contributed by atoms with Crippen LogP contribution in [0.2, 0.25) is 0 Å². The van der Waals surface area contributed by atoms with E-state index in [0.717, 1.165) is 11.5 Å². The van der Waals surface area contributed by atoms with Crippen molar-refractivity contribution in [3.63, 3.8) is 0 Å². The molecule has 5 nitrogen and oxygen atoms in total. The van der Waals surface area contributed by atoms with Gasteiger partial charge in [0.15, 0.2) is 5.65 Å². The van der Waals surface area contributed by atoms with Crippen LogP contribution in [-0.2, 0) is 0 Å². The third-order valence-corrected chi connectivity index (χ3v) is 4.26. The molecule has 5 heteroatoms. The molecule has 0 amide bonds. The van der Waals surface area contributed by atoms with Gasteiger partial charge in [0.25, 0.3) is 0 Å². The van der Waals surface area contributed by atoms with Crippen LogP contribution in [0.25, 0.3) is 5.65 Å². The van der Waals surface area contributed by atoms with Gasteiger partial charge in [-0.2, -0.15) is 5.10 Å². The summed E-state index contributed by atoms with van der Waals surface area (Å²) < 4.78 is 1.80. The van der Waals surface area contributed by atoms with E-state index in [-0.39, 0.29) is 0 Å². The number of hydrogen-bond acceptors (Lipinski definition) is 4. The Morgan fingerprint density at radius 3 is 2.79 bits per heavy atom. The highest BCUT2D eigenvalue weighted by molar-refractivity contribution is 5.47. The Bertz CT molecular complexity index is 542. The van der Waals surface area contributed by atoms with E-state index in [1.807, 2.05) is 18.3 Å². The second kappa shape index (κ2) is 5.17. The Morgan fingerprint density at radius 1 is 1.26 bits per heavy atom. The van der Waals surface area contributed by atoms with Gasteiger partial charge >= 0.3 is 0 Å². The van der Waals surface area contributed by atoms with E-state index >= 15 is 0 Å². The quantitative estimate of drug-likeness (QED) is 0.911. The minimum atomic E-state index is 0.600. The highest BCUT2D eigenvalue weighted by atomic mass is 15.3. The van der Waals surface area contributed by atoms with E-state index in [2.05, 4.69) is 34.4 Å². The first kappa shape index (κ1) is 12.4. The van der Waals surface area contributed by atoms with Gasteiger partial charge in [0.2, 0.25) is 0 Å². The van der Waals surface area contributed by atoms with Crippen molar-refractivity contribution >= 4 is 11.5 Å². The minimum Gasteiger partial charge on any atom is -0.357 e. The van der Waals surface area contributed by atoms with E-state index in [1.165, 1.54) is 25.7 Å². The summed E-state index contributed by atoms with van der Waals surface area (Å²) in [6.45, 7) is 0. The normalized spacial score (nSPS) is 23.7. The number of hydrogen-bond donors (Lipinski definition) is 1. The number of fused-ring (bicyclic) bond motifs is 1. The maximum Gasteiger partial charge on any atom is 0.157 e. The number of rotatable bonds is 3. The van der Waals surface area contributed by atoms with Crippen molar-refractivity contribution in [1.29, 1.82) is 0 Å². The summed E-state index contributed by atoms with van der Waals surface area (Å²) in [5.41, 5.74) is 0.910. The van der Waals surface area contributed by atoms with Gasteiger partial charge in [-0.25, -0.2) is 9.50 Å². The zero-order valence-electron chi connectivity index (χ0n) is 11.6. The SMILES string of the molecule is CNC1CCC(N(C)c2ccn3nccc3n2)CC1. The molecular formula is C14H21N5. The number of nitrogens with zero attached hydrogens (tertiary/aromatic N) is 4. The van der Waals surface area contributed by atoms with Gasteiger partial charge in [0.05, 0.1) is 6.20 Å². The van der Waals surface area contributed by atoms with Crippen molar-refractivity contribution < 1.29 is 0 Å². The van der Waals surface area contributed by atoms with E-state index in [4.69, 9.17) is 0 Å². The summed E-state index contributed by atoms with van der Waals surface area (Å²) in [5, 5.41) is 7.56. The van der Waals surface area contributed by atoms with Crippen LogP contribution in [-0.4, -0.2) is 40.8 Å². The van der Waals surface area contributed by atoms with Crippen molar-refractivity contribution in [2.24, 2.45) is 0 Å². The molecule has 0 spiro atoms. The molecule has 1 N–H and O–H groups in total. The molecule has 0 unspecified atom stereocenters. The van der Waals surface area contributed by atoms with Crippen LogP contribution in [0.4, 0.5) is 5.82 Å². The van der Waals surface area contributed by atoms with Gasteiger partial charge in [-0.05, 0) is 38.8 Å². The van der Waals surface area contributed by atoms with Crippen LogP contribution >= 0.6 is 0 Å². The Labute approximate surface area is 113 Å². The number of anilines is 1. The van der Waals surface area contributed by atoms with E-state index in [1.54, 1.807) is 10.7 Å². The molecule has 2 aromatic heterocycles. The van der Waals surface area contributed by atoms with E-state index in [9.17, 15) is 0 Å².